The molecule has 1 atom stereocenters. The fourth-order valence-electron chi connectivity index (χ4n) is 4.70. The van der Waals surface area contributed by atoms with Crippen LogP contribution < -0.4 is 5.73 Å². The van der Waals surface area contributed by atoms with Gasteiger partial charge in [-0.1, -0.05) is 42.0 Å². The number of alkyl halides is 3. The van der Waals surface area contributed by atoms with Gasteiger partial charge in [0.1, 0.15) is 0 Å². The van der Waals surface area contributed by atoms with Crippen LogP contribution in [0.25, 0.3) is 27.5 Å². The van der Waals surface area contributed by atoms with E-state index in [2.05, 4.69) is 5.10 Å². The van der Waals surface area contributed by atoms with E-state index >= 15 is 0 Å². The summed E-state index contributed by atoms with van der Waals surface area (Å²) in [4.78, 5) is 20.9. The quantitative estimate of drug-likeness (QED) is 0.280. The van der Waals surface area contributed by atoms with Gasteiger partial charge in [-0.05, 0) is 49.7 Å². The molecule has 1 unspecified atom stereocenters. The first-order chi connectivity index (χ1) is 19.4. The molecule has 5 rings (SSSR count). The van der Waals surface area contributed by atoms with Crippen LogP contribution in [-0.2, 0) is 21.7 Å². The highest BCUT2D eigenvalue weighted by molar-refractivity contribution is 5.87. The van der Waals surface area contributed by atoms with Crippen molar-refractivity contribution < 1.29 is 27.9 Å². The molecule has 3 aromatic carbocycles. The second-order valence-corrected chi connectivity index (χ2v) is 9.71. The van der Waals surface area contributed by atoms with Crippen LogP contribution in [0.5, 0.6) is 0 Å². The molecule has 0 bridgehead atoms. The monoisotopic (exact) mass is 565 g/mol. The Bertz CT molecular complexity index is 1690. The average Bonchev–Trinajstić information content (AvgIpc) is 3.54. The Hall–Kier alpha value is -4.64. The fourth-order valence-corrected chi connectivity index (χ4v) is 4.70. The Kier molecular flexibility index (Phi) is 8.20. The Morgan fingerprint density at radius 3 is 2.34 bits per heavy atom. The predicted octanol–water partition coefficient (Wildman–Crippen LogP) is 4.67. The maximum absolute atomic E-state index is 14.5. The first kappa shape index (κ1) is 29.3. The molecule has 0 saturated carbocycles. The number of amides is 2. The topological polar surface area (TPSA) is 106 Å². The van der Waals surface area contributed by atoms with Crippen LogP contribution >= 0.6 is 0 Å². The number of likely N-dealkylation sites (N-methyl/N-ethyl adjacent to an activating group) is 1. The molecule has 5 aromatic rings. The van der Waals surface area contributed by atoms with Crippen LogP contribution in [0.1, 0.15) is 23.6 Å². The van der Waals surface area contributed by atoms with Gasteiger partial charge in [-0.15, -0.1) is 0 Å². The minimum atomic E-state index is -4.93. The van der Waals surface area contributed by atoms with Gasteiger partial charge >= 0.3 is 6.18 Å². The van der Waals surface area contributed by atoms with E-state index in [1.54, 1.807) is 39.6 Å². The first-order valence-corrected chi connectivity index (χ1v) is 12.8. The van der Waals surface area contributed by atoms with Gasteiger partial charge in [-0.25, -0.2) is 4.68 Å². The van der Waals surface area contributed by atoms with Gasteiger partial charge in [-0.2, -0.15) is 18.3 Å². The van der Waals surface area contributed by atoms with Crippen LogP contribution in [0.3, 0.4) is 0 Å². The van der Waals surface area contributed by atoms with Crippen molar-refractivity contribution in [3.8, 4) is 5.69 Å². The third-order valence-electron chi connectivity index (χ3n) is 6.78. The number of para-hydroxylation sites is 1. The molecular weight excluding hydrogens is 535 g/mol. The molecule has 0 fully saturated rings. The van der Waals surface area contributed by atoms with Crippen LogP contribution in [0.2, 0.25) is 0 Å². The lowest BCUT2D eigenvalue weighted by molar-refractivity contribution is -0.247. The minimum absolute atomic E-state index is 0.0104. The lowest BCUT2D eigenvalue weighted by Crippen LogP contribution is -2.43. The predicted molar refractivity (Wildman–Crippen MR) is 150 cm³/mol. The fraction of sp³-hybridized carbons (Fsp3) is 0.233. The number of hydrogen-bond donors (Lipinski definition) is 2. The number of carbonyl (C=O) groups is 2. The van der Waals surface area contributed by atoms with Crippen molar-refractivity contribution in [1.82, 2.24) is 19.2 Å². The van der Waals surface area contributed by atoms with Gasteiger partial charge in [0.05, 0.1) is 23.9 Å². The lowest BCUT2D eigenvalue weighted by Gasteiger charge is -2.31. The van der Waals surface area contributed by atoms with Crippen molar-refractivity contribution in [2.45, 2.75) is 32.2 Å². The molecule has 41 heavy (non-hydrogen) atoms. The van der Waals surface area contributed by atoms with E-state index in [1.165, 1.54) is 36.5 Å². The maximum Gasteiger partial charge on any atom is 0.425 e. The number of rotatable bonds is 7. The molecule has 0 aliphatic carbocycles. The number of benzene rings is 3. The first-order valence-electron chi connectivity index (χ1n) is 12.8. The molecule has 2 aromatic heterocycles. The number of fused-ring (bicyclic) bond motifs is 2. The Balaban J connectivity index is 0.000000426. The van der Waals surface area contributed by atoms with E-state index in [-0.39, 0.29) is 17.7 Å². The highest BCUT2D eigenvalue weighted by Gasteiger charge is 2.57. The van der Waals surface area contributed by atoms with Crippen molar-refractivity contribution >= 4 is 34.1 Å². The minimum Gasteiger partial charge on any atom is -0.372 e. The van der Waals surface area contributed by atoms with Crippen LogP contribution in [0.15, 0.2) is 79.1 Å². The van der Waals surface area contributed by atoms with Crippen molar-refractivity contribution in [2.75, 3.05) is 13.6 Å². The second-order valence-electron chi connectivity index (χ2n) is 9.71. The standard InChI is InChI=1S/C26H22F3N3O.C4H8N2O2/c1-3-31-16-22(21-6-4-5-7-24(21)31)25(33,26(27,28)29)19-10-13-23-18(14-19)15-30-32(23)20-11-8-17(2)9-12-20;1-6(3-7)2-4(5)8/h4-16,33H,3H2,1-2H3;3H,2H2,1H3,(H2,5,8). The van der Waals surface area contributed by atoms with Gasteiger partial charge in [0.25, 0.3) is 0 Å². The van der Waals surface area contributed by atoms with E-state index in [0.29, 0.717) is 34.8 Å². The van der Waals surface area contributed by atoms with Crippen molar-refractivity contribution in [1.29, 1.82) is 0 Å². The summed E-state index contributed by atoms with van der Waals surface area (Å²) in [7, 11) is 1.48. The van der Waals surface area contributed by atoms with Gasteiger partial charge in [0.2, 0.25) is 17.9 Å². The normalized spacial score (nSPS) is 13.0. The molecule has 11 heteroatoms. The number of halogens is 3. The number of nitrogens with zero attached hydrogens (tertiary/aromatic N) is 4. The number of primary amides is 1. The average molecular weight is 566 g/mol. The van der Waals surface area contributed by atoms with Crippen molar-refractivity contribution in [3.05, 3.63) is 95.8 Å². The summed E-state index contributed by atoms with van der Waals surface area (Å²) in [5.74, 6) is -0.500. The molecule has 0 aliphatic rings. The molecule has 3 N–H and O–H groups in total. The van der Waals surface area contributed by atoms with Gasteiger partial charge < -0.3 is 20.3 Å². The third-order valence-corrected chi connectivity index (χ3v) is 6.78. The number of aromatic nitrogens is 3. The van der Waals surface area contributed by atoms with Crippen LogP contribution in [0, 0.1) is 6.92 Å². The molecule has 0 spiro atoms. The molecule has 214 valence electrons. The number of aryl methyl sites for hydroxylation is 2. The molecular formula is C30H30F3N5O3. The zero-order chi connectivity index (χ0) is 29.9. The highest BCUT2D eigenvalue weighted by atomic mass is 19.4. The lowest BCUT2D eigenvalue weighted by atomic mass is 9.85. The van der Waals surface area contributed by atoms with E-state index in [9.17, 15) is 27.9 Å². The maximum atomic E-state index is 14.5. The largest absolute Gasteiger partial charge is 0.425 e. The van der Waals surface area contributed by atoms with Gasteiger partial charge in [0.15, 0.2) is 0 Å². The molecule has 0 aliphatic heterocycles. The Labute approximate surface area is 234 Å². The molecule has 0 saturated heterocycles. The van der Waals surface area contributed by atoms with Crippen molar-refractivity contribution in [2.24, 2.45) is 5.73 Å². The third kappa shape index (κ3) is 5.66. The van der Waals surface area contributed by atoms with Crippen molar-refractivity contribution in [3.63, 3.8) is 0 Å². The summed E-state index contributed by atoms with van der Waals surface area (Å²) in [5, 5.41) is 16.6. The summed E-state index contributed by atoms with van der Waals surface area (Å²) in [6.45, 7) is 4.30. The number of hydrogen-bond acceptors (Lipinski definition) is 4. The summed E-state index contributed by atoms with van der Waals surface area (Å²) in [5.41, 5.74) is 4.33. The number of carbonyl (C=O) groups excluding carboxylic acids is 2. The van der Waals surface area contributed by atoms with Crippen LogP contribution in [0.4, 0.5) is 13.2 Å². The Morgan fingerprint density at radius 1 is 1.07 bits per heavy atom. The number of aliphatic hydroxyl groups is 1. The zero-order valence-electron chi connectivity index (χ0n) is 22.8. The summed E-state index contributed by atoms with van der Waals surface area (Å²) in [6, 6.07) is 18.8. The van der Waals surface area contributed by atoms with Gasteiger partial charge in [0, 0.05) is 41.6 Å². The van der Waals surface area contributed by atoms with Gasteiger partial charge in [-0.3, -0.25) is 9.59 Å². The molecule has 8 nitrogen and oxygen atoms in total. The van der Waals surface area contributed by atoms with E-state index in [4.69, 9.17) is 5.73 Å². The van der Waals surface area contributed by atoms with Crippen LogP contribution in [-0.4, -0.2) is 56.4 Å². The van der Waals surface area contributed by atoms with E-state index in [0.717, 1.165) is 11.3 Å². The second kappa shape index (κ2) is 11.5. The molecule has 2 heterocycles. The zero-order valence-corrected chi connectivity index (χ0v) is 22.8. The molecule has 0 radical (unpaired) electrons. The van der Waals surface area contributed by atoms with E-state index < -0.39 is 17.7 Å². The summed E-state index contributed by atoms with van der Waals surface area (Å²) in [6.07, 6.45) is -1.47. The SMILES string of the molecule is CCn1cc(C(O)(c2ccc3c(cnn3-c3ccc(C)cc3)c2)C(F)(F)F)c2ccccc21.CN(C=O)CC(N)=O. The Morgan fingerprint density at radius 2 is 1.76 bits per heavy atom. The summed E-state index contributed by atoms with van der Waals surface area (Å²) < 4.78 is 47.0. The van der Waals surface area contributed by atoms with E-state index in [1.807, 2.05) is 38.1 Å². The number of nitrogens with two attached hydrogens (primary N) is 1. The smallest absolute Gasteiger partial charge is 0.372 e. The molecule has 2 amide bonds. The summed E-state index contributed by atoms with van der Waals surface area (Å²) >= 11 is 0. The highest BCUT2D eigenvalue weighted by Crippen LogP contribution is 2.47.